The molecule has 172 valence electrons. The summed E-state index contributed by atoms with van der Waals surface area (Å²) in [5.74, 6) is -0.234. The molecule has 1 aliphatic carbocycles. The second-order valence-corrected chi connectivity index (χ2v) is 8.40. The summed E-state index contributed by atoms with van der Waals surface area (Å²) in [5, 5.41) is 23.3. The molecule has 1 heterocycles. The van der Waals surface area contributed by atoms with E-state index in [1.165, 1.54) is 12.0 Å². The van der Waals surface area contributed by atoms with E-state index in [-0.39, 0.29) is 30.2 Å². The van der Waals surface area contributed by atoms with Gasteiger partial charge in [-0.25, -0.2) is 0 Å². The van der Waals surface area contributed by atoms with Gasteiger partial charge in [0.05, 0.1) is 18.7 Å². The van der Waals surface area contributed by atoms with Crippen LogP contribution in [0.2, 0.25) is 0 Å². The molecule has 8 heteroatoms. The number of nitrogens with one attached hydrogen (secondary N) is 2. The third-order valence-corrected chi connectivity index (χ3v) is 5.90. The van der Waals surface area contributed by atoms with E-state index >= 15 is 0 Å². The Bertz CT molecular complexity index is 721. The van der Waals surface area contributed by atoms with Crippen molar-refractivity contribution < 1.29 is 24.6 Å². The molecule has 0 bridgehead atoms. The number of piperidine rings is 1. The number of amides is 2. The summed E-state index contributed by atoms with van der Waals surface area (Å²) in [5.41, 5.74) is 2.25. The Morgan fingerprint density at radius 3 is 2.55 bits per heavy atom. The van der Waals surface area contributed by atoms with Crippen molar-refractivity contribution >= 4 is 18.3 Å². The number of aryl methyl sites for hydroxylation is 1. The third kappa shape index (κ3) is 8.67. The fourth-order valence-electron chi connectivity index (χ4n) is 4.28. The van der Waals surface area contributed by atoms with Crippen LogP contribution in [-0.2, 0) is 20.9 Å². The number of nitrogens with zero attached hydrogens (tertiary/aromatic N) is 1. The number of carboxylic acid groups (broad SMARTS) is 1. The zero-order valence-corrected chi connectivity index (χ0v) is 18.3. The first-order valence-electron chi connectivity index (χ1n) is 11.0. The second kappa shape index (κ2) is 13.1. The fraction of sp³-hybridized carbons (Fsp3) is 0.609. The van der Waals surface area contributed by atoms with Gasteiger partial charge in [-0.05, 0) is 57.7 Å². The lowest BCUT2D eigenvalue weighted by Crippen LogP contribution is -2.51. The molecule has 1 aromatic rings. The summed E-state index contributed by atoms with van der Waals surface area (Å²) in [6, 6.07) is 7.82. The molecule has 1 aromatic carbocycles. The van der Waals surface area contributed by atoms with Crippen molar-refractivity contribution in [3.8, 4) is 0 Å². The summed E-state index contributed by atoms with van der Waals surface area (Å²) >= 11 is 0. The Morgan fingerprint density at radius 2 is 1.90 bits per heavy atom. The summed E-state index contributed by atoms with van der Waals surface area (Å²) in [7, 11) is 0. The van der Waals surface area contributed by atoms with Crippen molar-refractivity contribution in [2.45, 2.75) is 64.1 Å². The highest BCUT2D eigenvalue weighted by Crippen LogP contribution is 2.25. The quantitative estimate of drug-likeness (QED) is 0.504. The van der Waals surface area contributed by atoms with Gasteiger partial charge in [0.25, 0.3) is 6.47 Å². The molecule has 0 radical (unpaired) electrons. The van der Waals surface area contributed by atoms with E-state index in [2.05, 4.69) is 21.6 Å². The summed E-state index contributed by atoms with van der Waals surface area (Å²) < 4.78 is 0. The largest absolute Gasteiger partial charge is 0.483 e. The number of rotatable bonds is 6. The van der Waals surface area contributed by atoms with Crippen LogP contribution in [0.4, 0.5) is 0 Å². The lowest BCUT2D eigenvalue weighted by molar-refractivity contribution is -0.129. The summed E-state index contributed by atoms with van der Waals surface area (Å²) in [6.07, 6.45) is 4.59. The molecule has 31 heavy (non-hydrogen) atoms. The molecule has 1 saturated heterocycles. The Kier molecular flexibility index (Phi) is 10.5. The third-order valence-electron chi connectivity index (χ3n) is 5.90. The number of carbonyl (C=O) groups is 3. The number of hydrogen-bond donors (Lipinski definition) is 4. The summed E-state index contributed by atoms with van der Waals surface area (Å²) in [6.45, 7) is 4.64. The molecule has 1 aliphatic heterocycles. The van der Waals surface area contributed by atoms with E-state index in [1.54, 1.807) is 0 Å². The van der Waals surface area contributed by atoms with E-state index in [9.17, 15) is 14.7 Å². The van der Waals surface area contributed by atoms with Crippen LogP contribution in [0.25, 0.3) is 0 Å². The molecule has 2 aliphatic rings. The number of aliphatic hydroxyl groups is 1. The van der Waals surface area contributed by atoms with Gasteiger partial charge in [-0.1, -0.05) is 36.2 Å². The molecule has 2 fully saturated rings. The molecule has 0 spiro atoms. The van der Waals surface area contributed by atoms with Crippen molar-refractivity contribution in [1.29, 1.82) is 0 Å². The smallest absolute Gasteiger partial charge is 0.290 e. The average molecular weight is 434 g/mol. The zero-order chi connectivity index (χ0) is 22.6. The van der Waals surface area contributed by atoms with E-state index in [4.69, 9.17) is 9.90 Å². The monoisotopic (exact) mass is 433 g/mol. The molecule has 1 saturated carbocycles. The van der Waals surface area contributed by atoms with E-state index in [0.717, 1.165) is 31.5 Å². The van der Waals surface area contributed by atoms with Gasteiger partial charge in [0.1, 0.15) is 0 Å². The minimum atomic E-state index is -0.672. The van der Waals surface area contributed by atoms with E-state index < -0.39 is 6.10 Å². The first kappa shape index (κ1) is 24.8. The van der Waals surface area contributed by atoms with Crippen molar-refractivity contribution in [1.82, 2.24) is 15.5 Å². The first-order valence-corrected chi connectivity index (χ1v) is 11.0. The molecular formula is C23H35N3O5. The van der Waals surface area contributed by atoms with Crippen LogP contribution in [0.5, 0.6) is 0 Å². The maximum Gasteiger partial charge on any atom is 0.290 e. The lowest BCUT2D eigenvalue weighted by atomic mass is 9.83. The van der Waals surface area contributed by atoms with Gasteiger partial charge in [-0.3, -0.25) is 19.3 Å². The maximum atomic E-state index is 12.5. The molecule has 0 unspecified atom stereocenters. The lowest BCUT2D eigenvalue weighted by Gasteiger charge is -2.34. The van der Waals surface area contributed by atoms with Crippen molar-refractivity contribution in [2.24, 2.45) is 5.92 Å². The fourth-order valence-corrected chi connectivity index (χ4v) is 4.28. The van der Waals surface area contributed by atoms with E-state index in [1.807, 2.05) is 25.1 Å². The predicted molar refractivity (Wildman–Crippen MR) is 117 cm³/mol. The highest BCUT2D eigenvalue weighted by molar-refractivity contribution is 5.79. The highest BCUT2D eigenvalue weighted by Gasteiger charge is 2.33. The number of aliphatic hydroxyl groups excluding tert-OH is 1. The average Bonchev–Trinajstić information content (AvgIpc) is 2.75. The van der Waals surface area contributed by atoms with Gasteiger partial charge in [0.2, 0.25) is 11.8 Å². The number of benzene rings is 1. The van der Waals surface area contributed by atoms with Crippen molar-refractivity contribution in [2.75, 3.05) is 19.6 Å². The molecular weight excluding hydrogens is 398 g/mol. The number of likely N-dealkylation sites (tertiary alicyclic amines) is 1. The molecule has 4 N–H and O–H groups in total. The molecule has 3 rings (SSSR count). The van der Waals surface area contributed by atoms with Crippen LogP contribution in [0.1, 0.15) is 49.7 Å². The minimum absolute atomic E-state index is 0.0151. The maximum absolute atomic E-state index is 12.5. The predicted octanol–water partition coefficient (Wildman–Crippen LogP) is 1.44. The zero-order valence-electron chi connectivity index (χ0n) is 18.3. The van der Waals surface area contributed by atoms with Crippen LogP contribution in [0.15, 0.2) is 24.3 Å². The normalized spacial score (nSPS) is 23.7. The topological polar surface area (TPSA) is 119 Å². The molecule has 8 nitrogen and oxygen atoms in total. The minimum Gasteiger partial charge on any atom is -0.483 e. The molecule has 3 atom stereocenters. The van der Waals surface area contributed by atoms with Gasteiger partial charge >= 0.3 is 0 Å². The second-order valence-electron chi connectivity index (χ2n) is 8.40. The van der Waals surface area contributed by atoms with Gasteiger partial charge in [-0.2, -0.15) is 0 Å². The van der Waals surface area contributed by atoms with Gasteiger partial charge < -0.3 is 20.8 Å². The number of hydrogen-bond acceptors (Lipinski definition) is 5. The Balaban J connectivity index is 0.00000107. The van der Waals surface area contributed by atoms with Crippen LogP contribution >= 0.6 is 0 Å². The molecule has 2 amide bonds. The van der Waals surface area contributed by atoms with Crippen LogP contribution in [0.3, 0.4) is 0 Å². The van der Waals surface area contributed by atoms with Crippen LogP contribution in [0, 0.1) is 12.8 Å². The number of carbonyl (C=O) groups excluding carboxylic acids is 2. The SMILES string of the molecule is Cc1cccc(CNC(=O)[C@H]2CC[C@H](NC(=O)CN3CCCCC3)[C@@H](O)C2)c1.O=CO. The first-order chi connectivity index (χ1) is 14.9. The Labute approximate surface area is 184 Å². The van der Waals surface area contributed by atoms with E-state index in [0.29, 0.717) is 32.4 Å². The van der Waals surface area contributed by atoms with Crippen molar-refractivity contribution in [3.05, 3.63) is 35.4 Å². The Morgan fingerprint density at radius 1 is 1.19 bits per heavy atom. The van der Waals surface area contributed by atoms with Gasteiger partial charge in [-0.15, -0.1) is 0 Å². The molecule has 0 aromatic heterocycles. The van der Waals surface area contributed by atoms with Crippen LogP contribution in [-0.4, -0.2) is 65.2 Å². The van der Waals surface area contributed by atoms with Crippen LogP contribution < -0.4 is 10.6 Å². The van der Waals surface area contributed by atoms with Gasteiger partial charge in [0, 0.05) is 12.5 Å². The Hall–Kier alpha value is -2.45. The standard InChI is InChI=1S/C22H33N3O3.CH2O2/c1-16-6-5-7-17(12-16)14-23-22(28)18-8-9-19(20(26)13-18)24-21(27)15-25-10-3-2-4-11-25;2-1-3/h5-7,12,18-20,26H,2-4,8-11,13-15H2,1H3,(H,23,28)(H,24,27);1H,(H,2,3)/t18-,19-,20-;/m0./s1. The summed E-state index contributed by atoms with van der Waals surface area (Å²) in [4.78, 5) is 35.3. The highest BCUT2D eigenvalue weighted by atomic mass is 16.3. The van der Waals surface area contributed by atoms with Crippen molar-refractivity contribution in [3.63, 3.8) is 0 Å². The van der Waals surface area contributed by atoms with Gasteiger partial charge in [0.15, 0.2) is 0 Å².